The molecule has 0 saturated carbocycles. The first-order chi connectivity index (χ1) is 7.24. The molecule has 1 rings (SSSR count). The van der Waals surface area contributed by atoms with Gasteiger partial charge in [0, 0.05) is 5.56 Å². The second-order valence-electron chi connectivity index (χ2n) is 3.00. The second-order valence-corrected chi connectivity index (χ2v) is 3.86. The molecule has 80 valence electrons. The largest absolute Gasteiger partial charge is 0.348 e. The maximum absolute atomic E-state index is 11.5. The molecular formula is C11H13NO2S. The van der Waals surface area contributed by atoms with Gasteiger partial charge >= 0.3 is 0 Å². The molecule has 0 aliphatic rings. The predicted octanol–water partition coefficient (Wildman–Crippen LogP) is 1.35. The minimum atomic E-state index is -0.105. The minimum Gasteiger partial charge on any atom is -0.348 e. The number of rotatable bonds is 5. The highest BCUT2D eigenvalue weighted by molar-refractivity contribution is 7.99. The minimum absolute atomic E-state index is 0.0648. The molecule has 0 spiro atoms. The van der Waals surface area contributed by atoms with E-state index in [0.717, 1.165) is 0 Å². The zero-order chi connectivity index (χ0) is 11.1. The molecule has 0 bridgehead atoms. The number of benzene rings is 1. The first-order valence-corrected chi connectivity index (χ1v) is 5.97. The van der Waals surface area contributed by atoms with Gasteiger partial charge in [-0.05, 0) is 6.26 Å². The number of Topliss-reactive ketones (excluding diaryl/α,β-unsaturated/α-hetero) is 1. The first-order valence-electron chi connectivity index (χ1n) is 4.58. The van der Waals surface area contributed by atoms with E-state index in [0.29, 0.717) is 11.3 Å². The van der Waals surface area contributed by atoms with Gasteiger partial charge in [0.25, 0.3) is 0 Å². The molecule has 0 radical (unpaired) electrons. The van der Waals surface area contributed by atoms with Crippen LogP contribution in [0.25, 0.3) is 0 Å². The smallest absolute Gasteiger partial charge is 0.230 e. The van der Waals surface area contributed by atoms with Crippen molar-refractivity contribution >= 4 is 23.5 Å². The van der Waals surface area contributed by atoms with Crippen molar-refractivity contribution in [3.63, 3.8) is 0 Å². The molecule has 1 amide bonds. The fourth-order valence-electron chi connectivity index (χ4n) is 1.09. The molecule has 0 aliphatic heterocycles. The second kappa shape index (κ2) is 6.24. The number of thioether (sulfide) groups is 1. The van der Waals surface area contributed by atoms with Crippen molar-refractivity contribution in [1.29, 1.82) is 0 Å². The third kappa shape index (κ3) is 4.16. The Morgan fingerprint density at radius 1 is 1.27 bits per heavy atom. The Morgan fingerprint density at radius 3 is 2.53 bits per heavy atom. The lowest BCUT2D eigenvalue weighted by molar-refractivity contribution is -0.118. The molecule has 0 atom stereocenters. The molecule has 0 saturated heterocycles. The summed E-state index contributed by atoms with van der Waals surface area (Å²) in [4.78, 5) is 22.6. The van der Waals surface area contributed by atoms with E-state index < -0.39 is 0 Å². The summed E-state index contributed by atoms with van der Waals surface area (Å²) in [6.45, 7) is 0.0728. The molecule has 0 heterocycles. The molecule has 0 fully saturated rings. The van der Waals surface area contributed by atoms with Crippen LogP contribution in [0, 0.1) is 0 Å². The van der Waals surface area contributed by atoms with Gasteiger partial charge in [0.2, 0.25) is 5.91 Å². The predicted molar refractivity (Wildman–Crippen MR) is 62.2 cm³/mol. The lowest BCUT2D eigenvalue weighted by atomic mass is 10.1. The van der Waals surface area contributed by atoms with Crippen molar-refractivity contribution in [2.45, 2.75) is 0 Å². The van der Waals surface area contributed by atoms with Crippen molar-refractivity contribution < 1.29 is 9.59 Å². The number of carbonyl (C=O) groups excluding carboxylic acids is 2. The molecule has 0 aliphatic carbocycles. The van der Waals surface area contributed by atoms with Crippen LogP contribution in [-0.4, -0.2) is 30.2 Å². The number of carbonyl (C=O) groups is 2. The first kappa shape index (κ1) is 11.8. The summed E-state index contributed by atoms with van der Waals surface area (Å²) in [5, 5.41) is 2.57. The molecule has 1 aromatic carbocycles. The topological polar surface area (TPSA) is 46.2 Å². The van der Waals surface area contributed by atoms with Crippen LogP contribution in [0.3, 0.4) is 0 Å². The number of ketones is 1. The Hall–Kier alpha value is -1.29. The lowest BCUT2D eigenvalue weighted by Gasteiger charge is -2.03. The van der Waals surface area contributed by atoms with E-state index in [1.54, 1.807) is 24.3 Å². The highest BCUT2D eigenvalue weighted by atomic mass is 32.2. The number of hydrogen-bond acceptors (Lipinski definition) is 3. The van der Waals surface area contributed by atoms with Gasteiger partial charge in [0.05, 0.1) is 12.3 Å². The summed E-state index contributed by atoms with van der Waals surface area (Å²) in [5.41, 5.74) is 0.627. The van der Waals surface area contributed by atoms with Gasteiger partial charge in [-0.3, -0.25) is 9.59 Å². The summed E-state index contributed by atoms with van der Waals surface area (Å²) in [5.74, 6) is 0.221. The zero-order valence-electron chi connectivity index (χ0n) is 8.53. The molecule has 15 heavy (non-hydrogen) atoms. The van der Waals surface area contributed by atoms with Crippen LogP contribution in [0.2, 0.25) is 0 Å². The standard InChI is InChI=1S/C11H13NO2S/c1-15-8-11(14)12-7-10(13)9-5-3-2-4-6-9/h2-6H,7-8H2,1H3,(H,12,14). The molecule has 0 aromatic heterocycles. The quantitative estimate of drug-likeness (QED) is 0.766. The van der Waals surface area contributed by atoms with Crippen LogP contribution in [0.1, 0.15) is 10.4 Å². The third-order valence-electron chi connectivity index (χ3n) is 1.82. The summed E-state index contributed by atoms with van der Waals surface area (Å²) >= 11 is 1.43. The molecule has 4 heteroatoms. The van der Waals surface area contributed by atoms with Crippen molar-refractivity contribution in [2.75, 3.05) is 18.6 Å². The Balaban J connectivity index is 2.40. The van der Waals surface area contributed by atoms with Gasteiger partial charge in [-0.1, -0.05) is 30.3 Å². The van der Waals surface area contributed by atoms with Gasteiger partial charge in [0.1, 0.15) is 0 Å². The molecule has 0 unspecified atom stereocenters. The van der Waals surface area contributed by atoms with Crippen molar-refractivity contribution in [2.24, 2.45) is 0 Å². The van der Waals surface area contributed by atoms with Gasteiger partial charge in [0.15, 0.2) is 5.78 Å². The molecular weight excluding hydrogens is 210 g/mol. The molecule has 3 nitrogen and oxygen atoms in total. The van der Waals surface area contributed by atoms with Crippen LogP contribution in [0.15, 0.2) is 30.3 Å². The van der Waals surface area contributed by atoms with Crippen molar-refractivity contribution in [3.8, 4) is 0 Å². The third-order valence-corrected chi connectivity index (χ3v) is 2.37. The lowest BCUT2D eigenvalue weighted by Crippen LogP contribution is -2.30. The SMILES string of the molecule is CSCC(=O)NCC(=O)c1ccccc1. The van der Waals surface area contributed by atoms with E-state index in [9.17, 15) is 9.59 Å². The molecule has 1 N–H and O–H groups in total. The maximum Gasteiger partial charge on any atom is 0.230 e. The van der Waals surface area contributed by atoms with Crippen molar-refractivity contribution in [3.05, 3.63) is 35.9 Å². The Kier molecular flexibility index (Phi) is 4.90. The average Bonchev–Trinajstić information content (AvgIpc) is 2.27. The van der Waals surface area contributed by atoms with Gasteiger partial charge in [-0.2, -0.15) is 11.8 Å². The highest BCUT2D eigenvalue weighted by Gasteiger charge is 2.06. The van der Waals surface area contributed by atoms with Gasteiger partial charge < -0.3 is 5.32 Å². The van der Waals surface area contributed by atoms with Gasteiger partial charge in [-0.15, -0.1) is 0 Å². The summed E-state index contributed by atoms with van der Waals surface area (Å²) in [6, 6.07) is 8.93. The Bertz CT molecular complexity index is 338. The summed E-state index contributed by atoms with van der Waals surface area (Å²) in [7, 11) is 0. The number of nitrogens with one attached hydrogen (secondary N) is 1. The van der Waals surface area contributed by atoms with Crippen LogP contribution < -0.4 is 5.32 Å². The number of hydrogen-bond donors (Lipinski definition) is 1. The monoisotopic (exact) mass is 223 g/mol. The average molecular weight is 223 g/mol. The normalized spacial score (nSPS) is 9.67. The summed E-state index contributed by atoms with van der Waals surface area (Å²) < 4.78 is 0. The van der Waals surface area contributed by atoms with Gasteiger partial charge in [-0.25, -0.2) is 0 Å². The maximum atomic E-state index is 11.5. The molecule has 1 aromatic rings. The summed E-state index contributed by atoms with van der Waals surface area (Å²) in [6.07, 6.45) is 1.85. The fourth-order valence-corrected chi connectivity index (χ4v) is 1.45. The van der Waals surface area contributed by atoms with E-state index in [2.05, 4.69) is 5.32 Å². The number of amides is 1. The highest BCUT2D eigenvalue weighted by Crippen LogP contribution is 1.99. The van der Waals surface area contributed by atoms with Crippen LogP contribution in [0.4, 0.5) is 0 Å². The van der Waals surface area contributed by atoms with E-state index in [1.807, 2.05) is 12.3 Å². The van der Waals surface area contributed by atoms with Crippen LogP contribution in [-0.2, 0) is 4.79 Å². The fraction of sp³-hybridized carbons (Fsp3) is 0.273. The van der Waals surface area contributed by atoms with E-state index >= 15 is 0 Å². The zero-order valence-corrected chi connectivity index (χ0v) is 9.34. The van der Waals surface area contributed by atoms with E-state index in [4.69, 9.17) is 0 Å². The van der Waals surface area contributed by atoms with Crippen LogP contribution >= 0.6 is 11.8 Å². The Labute approximate surface area is 93.3 Å². The van der Waals surface area contributed by atoms with E-state index in [-0.39, 0.29) is 18.2 Å². The van der Waals surface area contributed by atoms with E-state index in [1.165, 1.54) is 11.8 Å². The van der Waals surface area contributed by atoms with Crippen LogP contribution in [0.5, 0.6) is 0 Å². The van der Waals surface area contributed by atoms with Crippen molar-refractivity contribution in [1.82, 2.24) is 5.32 Å². The Morgan fingerprint density at radius 2 is 1.93 bits per heavy atom.